The molecule has 0 heterocycles. The van der Waals surface area contributed by atoms with Gasteiger partial charge in [0, 0.05) is 16.6 Å². The van der Waals surface area contributed by atoms with E-state index in [1.807, 2.05) is 0 Å². The second kappa shape index (κ2) is 8.05. The minimum atomic E-state index is -0.699. The molecule has 1 atom stereocenters. The number of hydrogen-bond donors (Lipinski definition) is 1. The predicted octanol–water partition coefficient (Wildman–Crippen LogP) is 3.18. The largest absolute Gasteiger partial charge is 0.481 e. The molecular weight excluding hydrogens is 288 g/mol. The molecule has 0 aliphatic rings. The van der Waals surface area contributed by atoms with E-state index in [1.165, 1.54) is 0 Å². The van der Waals surface area contributed by atoms with Gasteiger partial charge >= 0.3 is 5.97 Å². The number of carboxylic acids is 1. The predicted molar refractivity (Wildman–Crippen MR) is 57.2 cm³/mol. The summed E-state index contributed by atoms with van der Waals surface area (Å²) in [6, 6.07) is 0. The minimum Gasteiger partial charge on any atom is -0.481 e. The van der Waals surface area contributed by atoms with Gasteiger partial charge in [-0.15, -0.1) is 0 Å². The molecule has 0 spiro atoms. The van der Waals surface area contributed by atoms with Crippen LogP contribution >= 0.6 is 31.9 Å². The molecule has 12 heavy (non-hydrogen) atoms. The Morgan fingerprint density at radius 2 is 1.92 bits per heavy atom. The number of carbonyl (C=O) groups is 1. The number of halogens is 2. The average Bonchev–Trinajstić information content (AvgIpc) is 2.00. The molecule has 1 N–H and O–H groups in total. The number of carboxylic acid groups (broad SMARTS) is 1. The van der Waals surface area contributed by atoms with Crippen LogP contribution in [0.2, 0.25) is 0 Å². The summed E-state index contributed by atoms with van der Waals surface area (Å²) in [5.74, 6) is -0.699. The highest BCUT2D eigenvalue weighted by Crippen LogP contribution is 2.15. The number of alkyl halides is 2. The summed E-state index contributed by atoms with van der Waals surface area (Å²) < 4.78 is 0. The van der Waals surface area contributed by atoms with Gasteiger partial charge in [0.15, 0.2) is 0 Å². The van der Waals surface area contributed by atoms with Crippen molar-refractivity contribution in [3.8, 4) is 0 Å². The van der Waals surface area contributed by atoms with Crippen molar-refractivity contribution < 1.29 is 9.90 Å². The monoisotopic (exact) mass is 300 g/mol. The summed E-state index contributed by atoms with van der Waals surface area (Å²) in [6.07, 6.45) is 4.27. The summed E-state index contributed by atoms with van der Waals surface area (Å²) in [5.41, 5.74) is 0. The van der Waals surface area contributed by atoms with Gasteiger partial charge in [0.2, 0.25) is 0 Å². The maximum Gasteiger partial charge on any atom is 0.303 e. The van der Waals surface area contributed by atoms with Crippen LogP contribution in [0, 0.1) is 0 Å². The number of hydrogen-bond acceptors (Lipinski definition) is 1. The first kappa shape index (κ1) is 12.4. The molecule has 72 valence electrons. The molecule has 0 aromatic rings. The van der Waals surface area contributed by atoms with Crippen LogP contribution in [0.5, 0.6) is 0 Å². The molecule has 0 aromatic heterocycles. The zero-order valence-electron chi connectivity index (χ0n) is 6.93. The lowest BCUT2D eigenvalue weighted by Crippen LogP contribution is -2.01. The Balaban J connectivity index is 3.19. The second-order valence-corrected chi connectivity index (χ2v) is 4.80. The van der Waals surface area contributed by atoms with E-state index in [2.05, 4.69) is 31.9 Å². The van der Waals surface area contributed by atoms with Crippen LogP contribution < -0.4 is 0 Å². The highest BCUT2D eigenvalue weighted by molar-refractivity contribution is 9.09. The van der Waals surface area contributed by atoms with Crippen molar-refractivity contribution in [1.82, 2.24) is 0 Å². The number of aliphatic carboxylic acids is 1. The Morgan fingerprint density at radius 3 is 2.42 bits per heavy atom. The van der Waals surface area contributed by atoms with Gasteiger partial charge in [-0.25, -0.2) is 0 Å². The van der Waals surface area contributed by atoms with E-state index in [0.29, 0.717) is 4.83 Å². The third-order valence-electron chi connectivity index (χ3n) is 1.56. The molecule has 0 bridgehead atoms. The highest BCUT2D eigenvalue weighted by Gasteiger charge is 2.04. The molecule has 0 rings (SSSR count). The van der Waals surface area contributed by atoms with E-state index in [-0.39, 0.29) is 6.42 Å². The molecule has 0 aliphatic carbocycles. The summed E-state index contributed by atoms with van der Waals surface area (Å²) in [6.45, 7) is 0. The maximum absolute atomic E-state index is 10.2. The van der Waals surface area contributed by atoms with E-state index in [9.17, 15) is 4.79 Å². The highest BCUT2D eigenvalue weighted by atomic mass is 79.9. The zero-order chi connectivity index (χ0) is 9.40. The van der Waals surface area contributed by atoms with Crippen molar-refractivity contribution >= 4 is 37.8 Å². The first-order valence-corrected chi connectivity index (χ1v) is 6.12. The Morgan fingerprint density at radius 1 is 1.33 bits per heavy atom. The maximum atomic E-state index is 10.2. The first-order valence-electron chi connectivity index (χ1n) is 4.08. The van der Waals surface area contributed by atoms with Gasteiger partial charge < -0.3 is 5.11 Å². The summed E-state index contributed by atoms with van der Waals surface area (Å²) >= 11 is 6.87. The first-order chi connectivity index (χ1) is 5.66. The van der Waals surface area contributed by atoms with Crippen molar-refractivity contribution in [1.29, 1.82) is 0 Å². The van der Waals surface area contributed by atoms with Crippen LogP contribution in [0.15, 0.2) is 0 Å². The SMILES string of the molecule is O=C(O)CCCC(Br)CCCBr. The Hall–Kier alpha value is 0.430. The van der Waals surface area contributed by atoms with Crippen molar-refractivity contribution in [2.24, 2.45) is 0 Å². The molecular formula is C8H14Br2O2. The van der Waals surface area contributed by atoms with Crippen LogP contribution in [0.25, 0.3) is 0 Å². The molecule has 0 saturated carbocycles. The fourth-order valence-electron chi connectivity index (χ4n) is 0.918. The van der Waals surface area contributed by atoms with Gasteiger partial charge in [-0.2, -0.15) is 0 Å². The minimum absolute atomic E-state index is 0.288. The third kappa shape index (κ3) is 8.53. The van der Waals surface area contributed by atoms with Crippen LogP contribution in [0.4, 0.5) is 0 Å². The van der Waals surface area contributed by atoms with Gasteiger partial charge in [0.05, 0.1) is 0 Å². The third-order valence-corrected chi connectivity index (χ3v) is 3.04. The molecule has 0 amide bonds. The lowest BCUT2D eigenvalue weighted by molar-refractivity contribution is -0.137. The Kier molecular flexibility index (Phi) is 8.34. The summed E-state index contributed by atoms with van der Waals surface area (Å²) in [4.78, 5) is 10.7. The lowest BCUT2D eigenvalue weighted by atomic mass is 10.1. The molecule has 4 heteroatoms. The van der Waals surface area contributed by atoms with Gasteiger partial charge in [-0.05, 0) is 25.7 Å². The van der Waals surface area contributed by atoms with Crippen molar-refractivity contribution in [3.63, 3.8) is 0 Å². The van der Waals surface area contributed by atoms with Gasteiger partial charge in [0.1, 0.15) is 0 Å². The van der Waals surface area contributed by atoms with Gasteiger partial charge in [0.25, 0.3) is 0 Å². The molecule has 0 fully saturated rings. The molecule has 1 unspecified atom stereocenters. The van der Waals surface area contributed by atoms with Crippen LogP contribution in [-0.4, -0.2) is 21.2 Å². The molecule has 0 radical (unpaired) electrons. The van der Waals surface area contributed by atoms with Gasteiger partial charge in [-0.1, -0.05) is 31.9 Å². The standard InChI is InChI=1S/C8H14Br2O2/c9-6-2-4-7(10)3-1-5-8(11)12/h7H,1-6H2,(H,11,12). The van der Waals surface area contributed by atoms with E-state index in [0.717, 1.165) is 31.0 Å². The fraction of sp³-hybridized carbons (Fsp3) is 0.875. The summed E-state index contributed by atoms with van der Waals surface area (Å²) in [5, 5.41) is 9.40. The van der Waals surface area contributed by atoms with Gasteiger partial charge in [-0.3, -0.25) is 4.79 Å². The molecule has 2 nitrogen and oxygen atoms in total. The topological polar surface area (TPSA) is 37.3 Å². The quantitative estimate of drug-likeness (QED) is 0.733. The normalized spacial score (nSPS) is 12.8. The Labute approximate surface area is 90.0 Å². The molecule has 0 saturated heterocycles. The van der Waals surface area contributed by atoms with Crippen LogP contribution in [-0.2, 0) is 4.79 Å². The van der Waals surface area contributed by atoms with E-state index in [1.54, 1.807) is 0 Å². The molecule has 0 aliphatic heterocycles. The van der Waals surface area contributed by atoms with Crippen molar-refractivity contribution in [2.75, 3.05) is 5.33 Å². The van der Waals surface area contributed by atoms with E-state index in [4.69, 9.17) is 5.11 Å². The molecule has 0 aromatic carbocycles. The lowest BCUT2D eigenvalue weighted by Gasteiger charge is -2.06. The Bertz CT molecular complexity index is 128. The smallest absolute Gasteiger partial charge is 0.303 e. The summed E-state index contributed by atoms with van der Waals surface area (Å²) in [7, 11) is 0. The van der Waals surface area contributed by atoms with Crippen LogP contribution in [0.3, 0.4) is 0 Å². The van der Waals surface area contributed by atoms with E-state index < -0.39 is 5.97 Å². The van der Waals surface area contributed by atoms with Crippen molar-refractivity contribution in [2.45, 2.75) is 36.9 Å². The zero-order valence-corrected chi connectivity index (χ0v) is 10.1. The van der Waals surface area contributed by atoms with Crippen LogP contribution in [0.1, 0.15) is 32.1 Å². The second-order valence-electron chi connectivity index (χ2n) is 2.71. The van der Waals surface area contributed by atoms with E-state index >= 15 is 0 Å². The average molecular weight is 302 g/mol. The van der Waals surface area contributed by atoms with Crippen molar-refractivity contribution in [3.05, 3.63) is 0 Å². The number of rotatable bonds is 7. The fourth-order valence-corrected chi connectivity index (χ4v) is 1.89.